The van der Waals surface area contributed by atoms with Crippen molar-refractivity contribution < 1.29 is 18.3 Å². The molecule has 0 fully saturated rings. The first-order valence-corrected chi connectivity index (χ1v) is 7.62. The minimum Gasteiger partial charge on any atom is -0.384 e. The number of nitrogens with zero attached hydrogens (tertiary/aromatic N) is 1. The Bertz CT molecular complexity index is 590. The van der Waals surface area contributed by atoms with Crippen molar-refractivity contribution in [1.82, 2.24) is 9.71 Å². The number of nitrogens with one attached hydrogen (secondary N) is 1. The highest BCUT2D eigenvalue weighted by molar-refractivity contribution is 7.89. The molecule has 6 nitrogen and oxygen atoms in total. The van der Waals surface area contributed by atoms with E-state index in [1.807, 2.05) is 6.92 Å². The molecule has 0 spiro atoms. The smallest absolute Gasteiger partial charge is 0.242 e. The van der Waals surface area contributed by atoms with E-state index in [1.54, 1.807) is 6.92 Å². The van der Waals surface area contributed by atoms with E-state index in [-0.39, 0.29) is 17.5 Å². The fourth-order valence-electron chi connectivity index (χ4n) is 1.44. The summed E-state index contributed by atoms with van der Waals surface area (Å²) in [6.07, 6.45) is 2.69. The molecule has 0 aliphatic heterocycles. The molecule has 7 heteroatoms. The third kappa shape index (κ3) is 5.27. The Morgan fingerprint density at radius 3 is 2.90 bits per heavy atom. The van der Waals surface area contributed by atoms with E-state index in [0.717, 1.165) is 0 Å². The highest BCUT2D eigenvalue weighted by Gasteiger charge is 2.18. The highest BCUT2D eigenvalue weighted by Crippen LogP contribution is 2.09. The summed E-state index contributed by atoms with van der Waals surface area (Å²) in [5.74, 6) is 5.06. The molecule has 1 rings (SSSR count). The summed E-state index contributed by atoms with van der Waals surface area (Å²) in [5, 5.41) is 8.62. The zero-order chi connectivity index (χ0) is 15.0. The lowest BCUT2D eigenvalue weighted by atomic mass is 10.3. The fourth-order valence-corrected chi connectivity index (χ4v) is 2.65. The van der Waals surface area contributed by atoms with Crippen LogP contribution in [-0.2, 0) is 14.8 Å². The van der Waals surface area contributed by atoms with Gasteiger partial charge >= 0.3 is 0 Å². The van der Waals surface area contributed by atoms with Crippen molar-refractivity contribution in [2.45, 2.75) is 24.8 Å². The van der Waals surface area contributed by atoms with Crippen molar-refractivity contribution in [2.75, 3.05) is 19.8 Å². The monoisotopic (exact) mass is 298 g/mol. The second-order valence-electron chi connectivity index (χ2n) is 4.05. The Morgan fingerprint density at radius 2 is 2.25 bits per heavy atom. The third-order valence-electron chi connectivity index (χ3n) is 2.26. The molecule has 1 unspecified atom stereocenters. The first-order chi connectivity index (χ1) is 9.49. The van der Waals surface area contributed by atoms with Crippen LogP contribution in [0.2, 0.25) is 0 Å². The molecule has 0 aliphatic rings. The highest BCUT2D eigenvalue weighted by atomic mass is 32.2. The van der Waals surface area contributed by atoms with Gasteiger partial charge in [-0.25, -0.2) is 13.1 Å². The number of aliphatic hydroxyl groups is 1. The van der Waals surface area contributed by atoms with Gasteiger partial charge in [-0.15, -0.1) is 0 Å². The molecule has 1 aromatic heterocycles. The van der Waals surface area contributed by atoms with E-state index in [4.69, 9.17) is 9.84 Å². The number of pyridine rings is 1. The Labute approximate surface area is 119 Å². The molecule has 1 atom stereocenters. The van der Waals surface area contributed by atoms with Gasteiger partial charge in [-0.2, -0.15) is 0 Å². The molecule has 0 radical (unpaired) electrons. The summed E-state index contributed by atoms with van der Waals surface area (Å²) in [5.41, 5.74) is 0.430. The lowest BCUT2D eigenvalue weighted by Gasteiger charge is -2.13. The van der Waals surface area contributed by atoms with E-state index in [1.165, 1.54) is 18.5 Å². The van der Waals surface area contributed by atoms with Gasteiger partial charge in [-0.1, -0.05) is 11.8 Å². The van der Waals surface area contributed by atoms with Crippen molar-refractivity contribution in [3.05, 3.63) is 24.0 Å². The van der Waals surface area contributed by atoms with Gasteiger partial charge in [0.15, 0.2) is 0 Å². The van der Waals surface area contributed by atoms with Crippen LogP contribution >= 0.6 is 0 Å². The molecule has 0 aliphatic carbocycles. The Morgan fingerprint density at radius 1 is 1.50 bits per heavy atom. The number of hydrogen-bond donors (Lipinski definition) is 2. The number of sulfonamides is 1. The standard InChI is InChI=1S/C13H18N2O4S/c1-3-19-10-11(2)15-20(17,18)13-7-12(5-4-6-16)8-14-9-13/h7-9,11,15-16H,3,6,10H2,1-2H3. The predicted molar refractivity (Wildman–Crippen MR) is 74.5 cm³/mol. The molecule has 0 saturated heterocycles. The summed E-state index contributed by atoms with van der Waals surface area (Å²) < 4.78 is 31.9. The average Bonchev–Trinajstić information content (AvgIpc) is 2.42. The molecule has 0 saturated carbocycles. The minimum absolute atomic E-state index is 0.0330. The van der Waals surface area contributed by atoms with Crippen molar-refractivity contribution in [1.29, 1.82) is 0 Å². The average molecular weight is 298 g/mol. The van der Waals surface area contributed by atoms with E-state index in [9.17, 15) is 8.42 Å². The fraction of sp³-hybridized carbons (Fsp3) is 0.462. The Kier molecular flexibility index (Phi) is 6.61. The van der Waals surface area contributed by atoms with Crippen LogP contribution in [-0.4, -0.2) is 44.4 Å². The zero-order valence-electron chi connectivity index (χ0n) is 11.5. The largest absolute Gasteiger partial charge is 0.384 e. The molecule has 2 N–H and O–H groups in total. The Hall–Kier alpha value is -1.46. The minimum atomic E-state index is -3.66. The van der Waals surface area contributed by atoms with Gasteiger partial charge in [0.2, 0.25) is 10.0 Å². The van der Waals surface area contributed by atoms with Crippen LogP contribution in [0, 0.1) is 11.8 Å². The molecule has 1 heterocycles. The third-order valence-corrected chi connectivity index (χ3v) is 3.82. The summed E-state index contributed by atoms with van der Waals surface area (Å²) >= 11 is 0. The van der Waals surface area contributed by atoms with Gasteiger partial charge < -0.3 is 9.84 Å². The van der Waals surface area contributed by atoms with Gasteiger partial charge in [0.25, 0.3) is 0 Å². The molecule has 1 aromatic rings. The Balaban J connectivity index is 2.87. The maximum Gasteiger partial charge on any atom is 0.242 e. The molecule has 0 bridgehead atoms. The zero-order valence-corrected chi connectivity index (χ0v) is 12.3. The van der Waals surface area contributed by atoms with Gasteiger partial charge in [0.1, 0.15) is 11.5 Å². The molecule has 0 amide bonds. The van der Waals surface area contributed by atoms with E-state index < -0.39 is 10.0 Å². The number of ether oxygens (including phenoxy) is 1. The summed E-state index contributed by atoms with van der Waals surface area (Å²) in [4.78, 5) is 3.87. The quantitative estimate of drug-likeness (QED) is 0.729. The van der Waals surface area contributed by atoms with Crippen LogP contribution < -0.4 is 4.72 Å². The van der Waals surface area contributed by atoms with Crippen molar-refractivity contribution in [3.8, 4) is 11.8 Å². The molecular weight excluding hydrogens is 280 g/mol. The van der Waals surface area contributed by atoms with Crippen molar-refractivity contribution in [2.24, 2.45) is 0 Å². The second kappa shape index (κ2) is 7.97. The topological polar surface area (TPSA) is 88.5 Å². The molecule has 110 valence electrons. The normalized spacial score (nSPS) is 12.6. The second-order valence-corrected chi connectivity index (χ2v) is 5.76. The van der Waals surface area contributed by atoms with E-state index >= 15 is 0 Å². The SMILES string of the molecule is CCOCC(C)NS(=O)(=O)c1cncc(C#CCO)c1. The predicted octanol–water partition coefficient (Wildman–Crippen LogP) is 0.129. The van der Waals surface area contributed by atoms with E-state index in [2.05, 4.69) is 21.5 Å². The number of aromatic nitrogens is 1. The van der Waals surface area contributed by atoms with Crippen LogP contribution in [0.25, 0.3) is 0 Å². The van der Waals surface area contributed by atoms with Crippen molar-refractivity contribution >= 4 is 10.0 Å². The summed E-state index contributed by atoms with van der Waals surface area (Å²) in [6, 6.07) is 1.07. The molecular formula is C13H18N2O4S. The number of aliphatic hydroxyl groups excluding tert-OH is 1. The molecule has 0 aromatic carbocycles. The van der Waals surface area contributed by atoms with Gasteiger partial charge in [0.05, 0.1) is 6.61 Å². The van der Waals surface area contributed by atoms with Gasteiger partial charge in [0, 0.05) is 30.6 Å². The maximum absolute atomic E-state index is 12.1. The number of hydrogen-bond acceptors (Lipinski definition) is 5. The van der Waals surface area contributed by atoms with Crippen LogP contribution in [0.1, 0.15) is 19.4 Å². The summed E-state index contributed by atoms with van der Waals surface area (Å²) in [7, 11) is -3.66. The lowest BCUT2D eigenvalue weighted by Crippen LogP contribution is -2.36. The summed E-state index contributed by atoms with van der Waals surface area (Å²) in [6.45, 7) is 4.10. The molecule has 20 heavy (non-hydrogen) atoms. The number of rotatable bonds is 6. The van der Waals surface area contributed by atoms with Crippen LogP contribution in [0.15, 0.2) is 23.4 Å². The van der Waals surface area contributed by atoms with Crippen LogP contribution in [0.5, 0.6) is 0 Å². The lowest BCUT2D eigenvalue weighted by molar-refractivity contribution is 0.133. The van der Waals surface area contributed by atoms with Gasteiger partial charge in [-0.3, -0.25) is 4.98 Å². The maximum atomic E-state index is 12.1. The van der Waals surface area contributed by atoms with Crippen LogP contribution in [0.4, 0.5) is 0 Å². The van der Waals surface area contributed by atoms with E-state index in [0.29, 0.717) is 18.8 Å². The van der Waals surface area contributed by atoms with Gasteiger partial charge in [-0.05, 0) is 19.9 Å². The first-order valence-electron chi connectivity index (χ1n) is 6.14. The first kappa shape index (κ1) is 16.6. The van der Waals surface area contributed by atoms with Crippen LogP contribution in [0.3, 0.4) is 0 Å². The van der Waals surface area contributed by atoms with Crippen molar-refractivity contribution in [3.63, 3.8) is 0 Å².